The topological polar surface area (TPSA) is 55.9 Å². The van der Waals surface area contributed by atoms with E-state index in [9.17, 15) is 0 Å². The molecule has 0 fully saturated rings. The zero-order valence-corrected chi connectivity index (χ0v) is 10.9. The summed E-state index contributed by atoms with van der Waals surface area (Å²) in [5.41, 5.74) is 6.82. The number of benzene rings is 1. The third kappa shape index (κ3) is 2.88. The molecule has 0 amide bonds. The first kappa shape index (κ1) is 12.2. The molecule has 2 aromatic rings. The minimum absolute atomic E-state index is 0.191. The number of nitrogens with one attached hydrogen (secondary N) is 1. The molecule has 0 unspecified atom stereocenters. The van der Waals surface area contributed by atoms with Gasteiger partial charge in [-0.05, 0) is 30.4 Å². The lowest BCUT2D eigenvalue weighted by atomic mass is 10.3. The molecule has 1 aromatic heterocycles. The predicted molar refractivity (Wildman–Crippen MR) is 74.0 cm³/mol. The Morgan fingerprint density at radius 2 is 2.18 bits per heavy atom. The summed E-state index contributed by atoms with van der Waals surface area (Å²) >= 11 is 16.7. The van der Waals surface area contributed by atoms with Crippen LogP contribution in [-0.2, 0) is 0 Å². The minimum Gasteiger partial charge on any atom is -0.376 e. The predicted octanol–water partition coefficient (Wildman–Crippen LogP) is 2.83. The second-order valence-electron chi connectivity index (χ2n) is 3.26. The van der Waals surface area contributed by atoms with E-state index in [0.717, 1.165) is 11.4 Å². The maximum absolute atomic E-state index is 6.13. The molecular formula is C10H8Cl2N4S. The van der Waals surface area contributed by atoms with Crippen molar-refractivity contribution in [1.29, 1.82) is 0 Å². The summed E-state index contributed by atoms with van der Waals surface area (Å²) in [5, 5.41) is 8.12. The molecule has 0 aliphatic carbocycles. The van der Waals surface area contributed by atoms with Crippen LogP contribution in [0.4, 0.5) is 5.69 Å². The molecule has 4 nitrogen and oxygen atoms in total. The van der Waals surface area contributed by atoms with Crippen LogP contribution < -0.4 is 11.1 Å². The molecular weight excluding hydrogens is 279 g/mol. The molecule has 0 saturated heterocycles. The first-order chi connectivity index (χ1) is 8.06. The largest absolute Gasteiger partial charge is 0.376 e. The number of nitrogens with zero attached hydrogens (tertiary/aromatic N) is 2. The van der Waals surface area contributed by atoms with Crippen molar-refractivity contribution >= 4 is 46.2 Å². The number of hydrogen-bond acceptors (Lipinski definition) is 2. The second kappa shape index (κ2) is 4.91. The van der Waals surface area contributed by atoms with Crippen molar-refractivity contribution < 1.29 is 0 Å². The third-order valence-corrected chi connectivity index (χ3v) is 2.61. The van der Waals surface area contributed by atoms with Crippen LogP contribution in [0.2, 0.25) is 10.0 Å². The van der Waals surface area contributed by atoms with Crippen molar-refractivity contribution in [1.82, 2.24) is 9.78 Å². The smallest absolute Gasteiger partial charge is 0.168 e. The van der Waals surface area contributed by atoms with Gasteiger partial charge in [0.15, 0.2) is 5.11 Å². The number of aromatic nitrogens is 2. The third-order valence-electron chi connectivity index (χ3n) is 2.01. The molecule has 0 bridgehead atoms. The first-order valence-electron chi connectivity index (χ1n) is 4.63. The van der Waals surface area contributed by atoms with Crippen LogP contribution in [0.15, 0.2) is 30.6 Å². The Kier molecular flexibility index (Phi) is 3.51. The Labute approximate surface area is 113 Å². The summed E-state index contributed by atoms with van der Waals surface area (Å²) in [6, 6.07) is 5.31. The Bertz CT molecular complexity index is 567. The number of nitrogens with two attached hydrogens (primary N) is 1. The van der Waals surface area contributed by atoms with E-state index in [2.05, 4.69) is 10.4 Å². The molecule has 0 saturated carbocycles. The zero-order chi connectivity index (χ0) is 12.4. The Morgan fingerprint density at radius 3 is 2.71 bits per heavy atom. The molecule has 1 heterocycles. The summed E-state index contributed by atoms with van der Waals surface area (Å²) < 4.78 is 1.59. The summed E-state index contributed by atoms with van der Waals surface area (Å²) in [6.45, 7) is 0. The fourth-order valence-electron chi connectivity index (χ4n) is 1.35. The lowest BCUT2D eigenvalue weighted by Gasteiger charge is -2.08. The van der Waals surface area contributed by atoms with E-state index < -0.39 is 0 Å². The highest BCUT2D eigenvalue weighted by Crippen LogP contribution is 2.24. The van der Waals surface area contributed by atoms with Crippen molar-refractivity contribution in [3.8, 4) is 5.69 Å². The summed E-state index contributed by atoms with van der Waals surface area (Å²) in [7, 11) is 0. The fraction of sp³-hybridized carbons (Fsp3) is 0. The van der Waals surface area contributed by atoms with E-state index in [1.165, 1.54) is 0 Å². The van der Waals surface area contributed by atoms with Gasteiger partial charge in [-0.1, -0.05) is 23.2 Å². The maximum Gasteiger partial charge on any atom is 0.168 e. The fourth-order valence-corrected chi connectivity index (χ4v) is 1.87. The molecule has 88 valence electrons. The summed E-state index contributed by atoms with van der Waals surface area (Å²) in [5.74, 6) is 0. The monoisotopic (exact) mass is 286 g/mol. The molecule has 0 atom stereocenters. The van der Waals surface area contributed by atoms with E-state index >= 15 is 0 Å². The first-order valence-corrected chi connectivity index (χ1v) is 5.79. The van der Waals surface area contributed by atoms with Crippen LogP contribution in [0, 0.1) is 0 Å². The summed E-state index contributed by atoms with van der Waals surface area (Å²) in [6.07, 6.45) is 3.21. The minimum atomic E-state index is 0.191. The highest BCUT2D eigenvalue weighted by Gasteiger charge is 2.05. The van der Waals surface area contributed by atoms with E-state index in [-0.39, 0.29) is 5.11 Å². The Balaban J connectivity index is 2.34. The van der Waals surface area contributed by atoms with E-state index in [1.807, 2.05) is 0 Å². The van der Waals surface area contributed by atoms with Crippen LogP contribution in [-0.4, -0.2) is 14.9 Å². The molecule has 3 N–H and O–H groups in total. The van der Waals surface area contributed by atoms with Gasteiger partial charge in [0.05, 0.1) is 21.9 Å². The maximum atomic E-state index is 6.13. The molecule has 0 radical (unpaired) electrons. The average molecular weight is 287 g/mol. The van der Waals surface area contributed by atoms with Crippen molar-refractivity contribution in [2.45, 2.75) is 0 Å². The van der Waals surface area contributed by atoms with Crippen molar-refractivity contribution in [3.63, 3.8) is 0 Å². The molecule has 7 heteroatoms. The van der Waals surface area contributed by atoms with Crippen molar-refractivity contribution in [2.75, 3.05) is 5.32 Å². The van der Waals surface area contributed by atoms with Gasteiger partial charge < -0.3 is 11.1 Å². The molecule has 1 aromatic carbocycles. The average Bonchev–Trinajstić information content (AvgIpc) is 2.64. The van der Waals surface area contributed by atoms with Gasteiger partial charge in [-0.2, -0.15) is 5.10 Å². The number of rotatable bonds is 2. The van der Waals surface area contributed by atoms with E-state index in [0.29, 0.717) is 10.0 Å². The quantitative estimate of drug-likeness (QED) is 0.834. The lowest BCUT2D eigenvalue weighted by Crippen LogP contribution is -2.18. The number of hydrogen-bond donors (Lipinski definition) is 2. The Hall–Kier alpha value is -1.30. The Morgan fingerprint density at radius 1 is 1.41 bits per heavy atom. The molecule has 0 spiro atoms. The molecule has 2 rings (SSSR count). The molecule has 0 aliphatic heterocycles. The molecule has 17 heavy (non-hydrogen) atoms. The number of halogens is 2. The van der Waals surface area contributed by atoms with Crippen LogP contribution in [0.25, 0.3) is 5.69 Å². The van der Waals surface area contributed by atoms with Gasteiger partial charge in [0.25, 0.3) is 0 Å². The standard InChI is InChI=1S/C10H8Cl2N4S/c11-6-4-14-16(5-6)9-2-1-7(3-8(9)12)15-10(13)17/h1-5H,(H3,13,15,17). The normalized spacial score (nSPS) is 10.2. The van der Waals surface area contributed by atoms with Crippen LogP contribution >= 0.6 is 35.4 Å². The summed E-state index contributed by atoms with van der Waals surface area (Å²) in [4.78, 5) is 0. The van der Waals surface area contributed by atoms with Gasteiger partial charge >= 0.3 is 0 Å². The highest BCUT2D eigenvalue weighted by molar-refractivity contribution is 7.80. The number of anilines is 1. The van der Waals surface area contributed by atoms with Gasteiger partial charge in [-0.15, -0.1) is 0 Å². The van der Waals surface area contributed by atoms with E-state index in [4.69, 9.17) is 41.2 Å². The number of thiocarbonyl (C=S) groups is 1. The lowest BCUT2D eigenvalue weighted by molar-refractivity contribution is 0.881. The SMILES string of the molecule is NC(=S)Nc1ccc(-n2cc(Cl)cn2)c(Cl)c1. The van der Waals surface area contributed by atoms with Gasteiger partial charge in [0.1, 0.15) is 0 Å². The van der Waals surface area contributed by atoms with Crippen LogP contribution in [0.1, 0.15) is 0 Å². The molecule has 0 aliphatic rings. The van der Waals surface area contributed by atoms with Crippen LogP contribution in [0.3, 0.4) is 0 Å². The second-order valence-corrected chi connectivity index (χ2v) is 4.54. The van der Waals surface area contributed by atoms with Crippen molar-refractivity contribution in [2.24, 2.45) is 5.73 Å². The van der Waals surface area contributed by atoms with Gasteiger partial charge in [0.2, 0.25) is 0 Å². The zero-order valence-electron chi connectivity index (χ0n) is 8.52. The van der Waals surface area contributed by atoms with Gasteiger partial charge in [0, 0.05) is 11.9 Å². The van der Waals surface area contributed by atoms with Crippen molar-refractivity contribution in [3.05, 3.63) is 40.6 Å². The highest BCUT2D eigenvalue weighted by atomic mass is 35.5. The van der Waals surface area contributed by atoms with E-state index in [1.54, 1.807) is 35.3 Å². The van der Waals surface area contributed by atoms with Crippen LogP contribution in [0.5, 0.6) is 0 Å². The van der Waals surface area contributed by atoms with Gasteiger partial charge in [-0.25, -0.2) is 4.68 Å². The van der Waals surface area contributed by atoms with Gasteiger partial charge in [-0.3, -0.25) is 0 Å².